The van der Waals surface area contributed by atoms with Gasteiger partial charge in [-0.15, -0.1) is 0 Å². The predicted octanol–water partition coefficient (Wildman–Crippen LogP) is 3.87. The van der Waals surface area contributed by atoms with Gasteiger partial charge in [0.1, 0.15) is 11.6 Å². The Hall–Kier alpha value is -2.83. The summed E-state index contributed by atoms with van der Waals surface area (Å²) in [6, 6.07) is 6.23. The first kappa shape index (κ1) is 14.6. The van der Waals surface area contributed by atoms with Crippen LogP contribution >= 0.6 is 0 Å². The molecule has 0 aliphatic rings. The van der Waals surface area contributed by atoms with Crippen molar-refractivity contribution in [2.75, 3.05) is 0 Å². The van der Waals surface area contributed by atoms with Crippen LogP contribution in [-0.4, -0.2) is 10.7 Å². The lowest BCUT2D eigenvalue weighted by molar-refractivity contribution is -0.385. The van der Waals surface area contributed by atoms with Gasteiger partial charge < -0.3 is 4.74 Å². The normalized spacial score (nSPS) is 10.2. The SMILES string of the molecule is CC(=O)c1ccc(Oc2ccc(F)cc2F)cc1[N+](=O)[O-]. The molecule has 0 spiro atoms. The van der Waals surface area contributed by atoms with Gasteiger partial charge in [-0.3, -0.25) is 14.9 Å². The monoisotopic (exact) mass is 293 g/mol. The second kappa shape index (κ2) is 5.66. The molecule has 0 fully saturated rings. The largest absolute Gasteiger partial charge is 0.454 e. The first-order chi connectivity index (χ1) is 9.88. The summed E-state index contributed by atoms with van der Waals surface area (Å²) >= 11 is 0. The highest BCUT2D eigenvalue weighted by atomic mass is 19.1. The third-order valence-corrected chi connectivity index (χ3v) is 2.67. The minimum absolute atomic E-state index is 0.0304. The number of hydrogen-bond donors (Lipinski definition) is 0. The van der Waals surface area contributed by atoms with Crippen LogP contribution < -0.4 is 4.74 Å². The average Bonchev–Trinajstić information content (AvgIpc) is 2.41. The highest BCUT2D eigenvalue weighted by Gasteiger charge is 2.19. The maximum Gasteiger partial charge on any atom is 0.283 e. The molecule has 5 nitrogen and oxygen atoms in total. The zero-order chi connectivity index (χ0) is 15.6. The molecule has 2 rings (SSSR count). The Labute approximate surface area is 117 Å². The molecule has 0 saturated carbocycles. The summed E-state index contributed by atoms with van der Waals surface area (Å²) in [5.41, 5.74) is -0.519. The van der Waals surface area contributed by atoms with Gasteiger partial charge in [0.15, 0.2) is 17.3 Å². The first-order valence-corrected chi connectivity index (χ1v) is 5.81. The molecule has 0 heterocycles. The number of carbonyl (C=O) groups is 1. The molecule has 0 amide bonds. The summed E-state index contributed by atoms with van der Waals surface area (Å²) in [6.45, 7) is 1.20. The van der Waals surface area contributed by atoms with E-state index in [1.165, 1.54) is 19.1 Å². The van der Waals surface area contributed by atoms with Gasteiger partial charge in [0.2, 0.25) is 0 Å². The van der Waals surface area contributed by atoms with Gasteiger partial charge in [-0.05, 0) is 31.2 Å². The summed E-state index contributed by atoms with van der Waals surface area (Å²) < 4.78 is 31.4. The fourth-order valence-electron chi connectivity index (χ4n) is 1.71. The molecule has 2 aromatic carbocycles. The predicted molar refractivity (Wildman–Crippen MR) is 69.5 cm³/mol. The van der Waals surface area contributed by atoms with Crippen LogP contribution in [0.1, 0.15) is 17.3 Å². The van der Waals surface area contributed by atoms with Crippen molar-refractivity contribution in [1.82, 2.24) is 0 Å². The van der Waals surface area contributed by atoms with E-state index in [2.05, 4.69) is 0 Å². The highest BCUT2D eigenvalue weighted by Crippen LogP contribution is 2.30. The number of nitro benzene ring substituents is 1. The number of halogens is 2. The van der Waals surface area contributed by atoms with Crippen molar-refractivity contribution >= 4 is 11.5 Å². The molecule has 0 radical (unpaired) electrons. The van der Waals surface area contributed by atoms with Crippen molar-refractivity contribution in [3.63, 3.8) is 0 Å². The van der Waals surface area contributed by atoms with Crippen LogP contribution in [0.2, 0.25) is 0 Å². The lowest BCUT2D eigenvalue weighted by Crippen LogP contribution is -2.00. The summed E-state index contributed by atoms with van der Waals surface area (Å²) in [5, 5.41) is 10.9. The Kier molecular flexibility index (Phi) is 3.93. The van der Waals surface area contributed by atoms with E-state index in [0.29, 0.717) is 6.07 Å². The average molecular weight is 293 g/mol. The van der Waals surface area contributed by atoms with Gasteiger partial charge in [-0.1, -0.05) is 0 Å². The lowest BCUT2D eigenvalue weighted by Gasteiger charge is -2.07. The first-order valence-electron chi connectivity index (χ1n) is 5.81. The van der Waals surface area contributed by atoms with Crippen LogP contribution in [0, 0.1) is 21.7 Å². The van der Waals surface area contributed by atoms with E-state index in [4.69, 9.17) is 4.74 Å². The molecule has 0 aliphatic heterocycles. The Balaban J connectivity index is 2.39. The fraction of sp³-hybridized carbons (Fsp3) is 0.0714. The smallest absolute Gasteiger partial charge is 0.283 e. The van der Waals surface area contributed by atoms with Gasteiger partial charge >= 0.3 is 0 Å². The summed E-state index contributed by atoms with van der Waals surface area (Å²) in [7, 11) is 0. The Morgan fingerprint density at radius 2 is 1.90 bits per heavy atom. The number of nitro groups is 1. The maximum absolute atomic E-state index is 13.4. The number of carbonyl (C=O) groups excluding carboxylic acids is 1. The van der Waals surface area contributed by atoms with Crippen molar-refractivity contribution in [2.45, 2.75) is 6.92 Å². The molecule has 0 N–H and O–H groups in total. The lowest BCUT2D eigenvalue weighted by atomic mass is 10.1. The van der Waals surface area contributed by atoms with Crippen LogP contribution in [0.15, 0.2) is 36.4 Å². The summed E-state index contributed by atoms with van der Waals surface area (Å²) in [5.74, 6) is -2.48. The topological polar surface area (TPSA) is 69.4 Å². The van der Waals surface area contributed by atoms with E-state index < -0.39 is 28.0 Å². The zero-order valence-electron chi connectivity index (χ0n) is 10.8. The molecule has 0 saturated heterocycles. The van der Waals surface area contributed by atoms with E-state index in [1.54, 1.807) is 0 Å². The molecule has 0 atom stereocenters. The Morgan fingerprint density at radius 1 is 1.19 bits per heavy atom. The Bertz CT molecular complexity index is 731. The molecule has 2 aromatic rings. The standard InChI is InChI=1S/C14H9F2NO4/c1-8(18)11-4-3-10(7-13(11)17(19)20)21-14-5-2-9(15)6-12(14)16/h2-7H,1H3. The van der Waals surface area contributed by atoms with Gasteiger partial charge in [-0.25, -0.2) is 8.78 Å². The van der Waals surface area contributed by atoms with Gasteiger partial charge in [0.05, 0.1) is 16.6 Å². The van der Waals surface area contributed by atoms with E-state index in [1.807, 2.05) is 0 Å². The second-order valence-corrected chi connectivity index (χ2v) is 4.17. The van der Waals surface area contributed by atoms with Crippen LogP contribution in [0.5, 0.6) is 11.5 Å². The fourth-order valence-corrected chi connectivity index (χ4v) is 1.71. The molecule has 7 heteroatoms. The number of nitrogens with zero attached hydrogens (tertiary/aromatic N) is 1. The van der Waals surface area contributed by atoms with Gasteiger partial charge in [0.25, 0.3) is 5.69 Å². The van der Waals surface area contributed by atoms with Gasteiger partial charge in [0, 0.05) is 6.07 Å². The van der Waals surface area contributed by atoms with Crippen molar-refractivity contribution in [1.29, 1.82) is 0 Å². The minimum atomic E-state index is -0.937. The van der Waals surface area contributed by atoms with Crippen molar-refractivity contribution < 1.29 is 23.2 Å². The van der Waals surface area contributed by atoms with Crippen LogP contribution in [0.3, 0.4) is 0 Å². The van der Waals surface area contributed by atoms with E-state index in [9.17, 15) is 23.7 Å². The van der Waals surface area contributed by atoms with E-state index in [-0.39, 0.29) is 17.1 Å². The van der Waals surface area contributed by atoms with Crippen LogP contribution in [0.25, 0.3) is 0 Å². The quantitative estimate of drug-likeness (QED) is 0.487. The van der Waals surface area contributed by atoms with E-state index >= 15 is 0 Å². The third kappa shape index (κ3) is 3.19. The summed E-state index contributed by atoms with van der Waals surface area (Å²) in [4.78, 5) is 21.5. The van der Waals surface area contributed by atoms with Gasteiger partial charge in [-0.2, -0.15) is 0 Å². The molecule has 21 heavy (non-hydrogen) atoms. The minimum Gasteiger partial charge on any atom is -0.454 e. The number of benzene rings is 2. The number of hydrogen-bond acceptors (Lipinski definition) is 4. The van der Waals surface area contributed by atoms with E-state index in [0.717, 1.165) is 18.2 Å². The molecular formula is C14H9F2NO4. The molecule has 108 valence electrons. The number of ketones is 1. The number of rotatable bonds is 4. The molecule has 0 unspecified atom stereocenters. The highest BCUT2D eigenvalue weighted by molar-refractivity contribution is 5.98. The number of Topliss-reactive ketones (excluding diaryl/α,β-unsaturated/α-hetero) is 1. The maximum atomic E-state index is 13.4. The molecule has 0 aromatic heterocycles. The Morgan fingerprint density at radius 3 is 2.48 bits per heavy atom. The van der Waals surface area contributed by atoms with Crippen molar-refractivity contribution in [2.24, 2.45) is 0 Å². The third-order valence-electron chi connectivity index (χ3n) is 2.67. The zero-order valence-corrected chi connectivity index (χ0v) is 10.8. The van der Waals surface area contributed by atoms with Crippen LogP contribution in [-0.2, 0) is 0 Å². The molecular weight excluding hydrogens is 284 g/mol. The van der Waals surface area contributed by atoms with Crippen molar-refractivity contribution in [3.8, 4) is 11.5 Å². The number of ether oxygens (including phenoxy) is 1. The molecule has 0 bridgehead atoms. The molecule has 0 aliphatic carbocycles. The van der Waals surface area contributed by atoms with Crippen molar-refractivity contribution in [3.05, 3.63) is 63.7 Å². The van der Waals surface area contributed by atoms with Crippen LogP contribution in [0.4, 0.5) is 14.5 Å². The summed E-state index contributed by atoms with van der Waals surface area (Å²) in [6.07, 6.45) is 0. The second-order valence-electron chi connectivity index (χ2n) is 4.17.